The molecule has 4 nitrogen and oxygen atoms in total. The SMILES string of the molecule is [N-]=[N+]=C1CCSC12SCCC2=[N+]=[N-]. The Morgan fingerprint density at radius 2 is 1.46 bits per heavy atom. The van der Waals surface area contributed by atoms with Crippen molar-refractivity contribution in [3.63, 3.8) is 0 Å². The van der Waals surface area contributed by atoms with Crippen molar-refractivity contribution < 1.29 is 9.58 Å². The van der Waals surface area contributed by atoms with Gasteiger partial charge in [0.1, 0.15) is 0 Å². The van der Waals surface area contributed by atoms with Crippen LogP contribution in [0.25, 0.3) is 11.1 Å². The van der Waals surface area contributed by atoms with E-state index in [0.717, 1.165) is 35.8 Å². The average molecular weight is 212 g/mol. The molecule has 1 spiro atoms. The number of nitrogens with zero attached hydrogens (tertiary/aromatic N) is 4. The van der Waals surface area contributed by atoms with Crippen LogP contribution in [0, 0.1) is 0 Å². The summed E-state index contributed by atoms with van der Waals surface area (Å²) < 4.78 is -0.344. The summed E-state index contributed by atoms with van der Waals surface area (Å²) in [4.78, 5) is 6.61. The maximum Gasteiger partial charge on any atom is 0.307 e. The van der Waals surface area contributed by atoms with Crippen LogP contribution in [0.2, 0.25) is 0 Å². The molecule has 0 radical (unpaired) electrons. The third-order valence-corrected chi connectivity index (χ3v) is 5.57. The van der Waals surface area contributed by atoms with Crippen LogP contribution in [0.4, 0.5) is 0 Å². The molecule has 13 heavy (non-hydrogen) atoms. The molecule has 6 heteroatoms. The fourth-order valence-corrected chi connectivity index (χ4v) is 4.92. The summed E-state index contributed by atoms with van der Waals surface area (Å²) in [5, 5.41) is 0. The fraction of sp³-hybridized carbons (Fsp3) is 0.714. The monoisotopic (exact) mass is 212 g/mol. The first-order valence-corrected chi connectivity index (χ1v) is 6.01. The predicted molar refractivity (Wildman–Crippen MR) is 54.1 cm³/mol. The molecule has 0 saturated carbocycles. The van der Waals surface area contributed by atoms with Gasteiger partial charge in [-0.1, -0.05) is 0 Å². The first-order valence-electron chi connectivity index (χ1n) is 4.04. The van der Waals surface area contributed by atoms with E-state index >= 15 is 0 Å². The Morgan fingerprint density at radius 3 is 1.85 bits per heavy atom. The average Bonchev–Trinajstić information content (AvgIpc) is 2.74. The van der Waals surface area contributed by atoms with Crippen molar-refractivity contribution in [3.05, 3.63) is 11.1 Å². The molecule has 0 aromatic rings. The van der Waals surface area contributed by atoms with E-state index in [0.29, 0.717) is 0 Å². The van der Waals surface area contributed by atoms with Gasteiger partial charge in [-0.25, -0.2) is 0 Å². The van der Waals surface area contributed by atoms with Crippen LogP contribution in [0.15, 0.2) is 0 Å². The van der Waals surface area contributed by atoms with E-state index in [4.69, 9.17) is 11.1 Å². The molecule has 2 saturated heterocycles. The van der Waals surface area contributed by atoms with Crippen LogP contribution in [0.3, 0.4) is 0 Å². The molecule has 0 amide bonds. The van der Waals surface area contributed by atoms with Crippen LogP contribution in [-0.4, -0.2) is 36.6 Å². The highest BCUT2D eigenvalue weighted by atomic mass is 32.2. The van der Waals surface area contributed by atoms with E-state index in [1.165, 1.54) is 0 Å². The Labute approximate surface area is 84.3 Å². The number of hydrogen-bond donors (Lipinski definition) is 0. The Morgan fingerprint density at radius 1 is 1.00 bits per heavy atom. The van der Waals surface area contributed by atoms with Crippen LogP contribution < -0.4 is 0 Å². The predicted octanol–water partition coefficient (Wildman–Crippen LogP) is 1.30. The second kappa shape index (κ2) is 3.31. The molecule has 2 rings (SSSR count). The summed E-state index contributed by atoms with van der Waals surface area (Å²) in [5.41, 5.74) is 19.1. The van der Waals surface area contributed by atoms with Crippen molar-refractivity contribution in [2.24, 2.45) is 0 Å². The molecule has 0 N–H and O–H groups in total. The van der Waals surface area contributed by atoms with Gasteiger partial charge in [-0.3, -0.25) is 0 Å². The Bertz CT molecular complexity index is 304. The molecule has 2 aliphatic rings. The van der Waals surface area contributed by atoms with Crippen molar-refractivity contribution in [1.82, 2.24) is 0 Å². The maximum atomic E-state index is 8.83. The molecule has 2 aliphatic heterocycles. The largest absolute Gasteiger partial charge is 0.361 e. The quantitative estimate of drug-likeness (QED) is 0.448. The normalized spacial score (nSPS) is 32.3. The number of thioether (sulfide) groups is 2. The topological polar surface area (TPSA) is 72.8 Å². The van der Waals surface area contributed by atoms with Gasteiger partial charge in [-0.15, -0.1) is 23.5 Å². The lowest BCUT2D eigenvalue weighted by Crippen LogP contribution is -2.33. The maximum absolute atomic E-state index is 8.83. The number of hydrogen-bond acceptors (Lipinski definition) is 2. The van der Waals surface area contributed by atoms with Crippen molar-refractivity contribution >= 4 is 34.9 Å². The standard InChI is InChI=1S/C7H8N4S2/c8-10-5-1-3-12-7(5)6(11-9)2-4-13-7/h1-4H2. The molecule has 0 unspecified atom stereocenters. The third kappa shape index (κ3) is 1.18. The second-order valence-corrected chi connectivity index (χ2v) is 5.78. The lowest BCUT2D eigenvalue weighted by Gasteiger charge is -2.09. The molecule has 0 bridgehead atoms. The highest BCUT2D eigenvalue weighted by Crippen LogP contribution is 2.49. The molecule has 0 aromatic heterocycles. The Kier molecular flexibility index (Phi) is 2.30. The van der Waals surface area contributed by atoms with Gasteiger partial charge in [0, 0.05) is 11.5 Å². The Hall–Kier alpha value is -0.540. The van der Waals surface area contributed by atoms with Crippen molar-refractivity contribution in [2.75, 3.05) is 11.5 Å². The fourth-order valence-electron chi connectivity index (χ4n) is 1.69. The van der Waals surface area contributed by atoms with Crippen LogP contribution in [0.5, 0.6) is 0 Å². The summed E-state index contributed by atoms with van der Waals surface area (Å²) in [7, 11) is 0. The molecule has 0 atom stereocenters. The zero-order valence-corrected chi connectivity index (χ0v) is 8.57. The third-order valence-electron chi connectivity index (χ3n) is 2.29. The van der Waals surface area contributed by atoms with Gasteiger partial charge in [0.15, 0.2) is 0 Å². The van der Waals surface area contributed by atoms with E-state index in [9.17, 15) is 0 Å². The molecule has 0 aromatic carbocycles. The summed E-state index contributed by atoms with van der Waals surface area (Å²) >= 11 is 3.40. The highest BCUT2D eigenvalue weighted by molar-refractivity contribution is 8.21. The summed E-state index contributed by atoms with van der Waals surface area (Å²) in [5.74, 6) is 1.87. The van der Waals surface area contributed by atoms with E-state index < -0.39 is 0 Å². The van der Waals surface area contributed by atoms with E-state index in [1.54, 1.807) is 23.5 Å². The molecular weight excluding hydrogens is 204 g/mol. The first-order chi connectivity index (χ1) is 6.33. The lowest BCUT2D eigenvalue weighted by molar-refractivity contribution is -0.0188. The van der Waals surface area contributed by atoms with Gasteiger partial charge in [0.05, 0.1) is 12.8 Å². The lowest BCUT2D eigenvalue weighted by atomic mass is 10.1. The van der Waals surface area contributed by atoms with Gasteiger partial charge in [0.25, 0.3) is 4.08 Å². The zero-order valence-electron chi connectivity index (χ0n) is 6.93. The second-order valence-electron chi connectivity index (χ2n) is 2.91. The van der Waals surface area contributed by atoms with Crippen LogP contribution >= 0.6 is 23.5 Å². The summed E-state index contributed by atoms with van der Waals surface area (Å²) in [6.07, 6.45) is 1.57. The highest BCUT2D eigenvalue weighted by Gasteiger charge is 2.60. The minimum absolute atomic E-state index is 0.344. The van der Waals surface area contributed by atoms with Crippen molar-refractivity contribution in [1.29, 1.82) is 0 Å². The van der Waals surface area contributed by atoms with Crippen molar-refractivity contribution in [3.8, 4) is 0 Å². The molecule has 2 heterocycles. The number of rotatable bonds is 0. The molecule has 0 aliphatic carbocycles. The molecular formula is C7H8N4S2. The summed E-state index contributed by atoms with van der Waals surface area (Å²) in [6, 6.07) is 0. The minimum atomic E-state index is -0.344. The van der Waals surface area contributed by atoms with Crippen LogP contribution in [0.1, 0.15) is 12.8 Å². The van der Waals surface area contributed by atoms with Gasteiger partial charge >= 0.3 is 11.4 Å². The van der Waals surface area contributed by atoms with Gasteiger partial charge < -0.3 is 11.1 Å². The van der Waals surface area contributed by atoms with Gasteiger partial charge in [-0.2, -0.15) is 9.58 Å². The van der Waals surface area contributed by atoms with E-state index in [2.05, 4.69) is 9.58 Å². The van der Waals surface area contributed by atoms with E-state index in [1.807, 2.05) is 0 Å². The van der Waals surface area contributed by atoms with Gasteiger partial charge in [-0.05, 0) is 0 Å². The smallest absolute Gasteiger partial charge is 0.307 e. The first kappa shape index (κ1) is 9.03. The van der Waals surface area contributed by atoms with Crippen LogP contribution in [-0.2, 0) is 0 Å². The molecule has 2 fully saturated rings. The minimum Gasteiger partial charge on any atom is -0.361 e. The van der Waals surface area contributed by atoms with E-state index in [-0.39, 0.29) is 4.08 Å². The van der Waals surface area contributed by atoms with Crippen molar-refractivity contribution in [2.45, 2.75) is 16.9 Å². The molecule has 68 valence electrons. The Balaban J connectivity index is 2.49. The summed E-state index contributed by atoms with van der Waals surface area (Å²) in [6.45, 7) is 0. The zero-order chi connectivity index (χ0) is 9.31. The van der Waals surface area contributed by atoms with Gasteiger partial charge in [0.2, 0.25) is 0 Å².